The predicted octanol–water partition coefficient (Wildman–Crippen LogP) is 16.0. The van der Waals surface area contributed by atoms with E-state index in [-0.39, 0.29) is 5.41 Å². The monoisotopic (exact) mass is 745 g/mol. The van der Waals surface area contributed by atoms with Gasteiger partial charge in [0.25, 0.3) is 0 Å². The molecule has 0 radical (unpaired) electrons. The number of nitrogens with zero attached hydrogens (tertiary/aromatic N) is 1. The quantitative estimate of drug-likeness (QED) is 0.164. The standard InChI is InChI=1S/C55H39NS/c1-55(2)51-27-9-8-21-47(51)48-33-32-42(35-52(48)55)56(40-17-4-3-5-18-40)41-19-10-16-39(34-41)46-24-13-26-50-49-25-12-23-45(53(49)57-54(46)50)38-30-28-37(29-31-38)44-22-11-15-36-14-6-7-20-43(36)44/h3-35H,1-2H3. The SMILES string of the molecule is CC1(C)c2ccccc2-c2ccc(N(c3ccccc3)c3cccc(-c4cccc5c4sc4c(-c6ccc(-c7cccc8ccccc78)cc6)cccc45)c3)cc21. The van der Waals surface area contributed by atoms with Gasteiger partial charge in [0.1, 0.15) is 0 Å². The maximum atomic E-state index is 2.41. The van der Waals surface area contributed by atoms with Crippen LogP contribution in [0.25, 0.3) is 75.5 Å². The number of thiophene rings is 1. The maximum absolute atomic E-state index is 2.41. The van der Waals surface area contributed by atoms with Gasteiger partial charge in [-0.1, -0.05) is 178 Å². The molecule has 0 fully saturated rings. The van der Waals surface area contributed by atoms with E-state index in [4.69, 9.17) is 0 Å². The highest BCUT2D eigenvalue weighted by Crippen LogP contribution is 2.51. The first-order valence-electron chi connectivity index (χ1n) is 19.8. The third-order valence-electron chi connectivity index (χ3n) is 12.1. The summed E-state index contributed by atoms with van der Waals surface area (Å²) in [6.07, 6.45) is 0. The molecule has 1 nitrogen and oxygen atoms in total. The molecule has 0 saturated heterocycles. The molecule has 0 saturated carbocycles. The minimum absolute atomic E-state index is 0.0827. The number of fused-ring (bicyclic) bond motifs is 7. The molecule has 1 aliphatic carbocycles. The molecule has 11 rings (SSSR count). The van der Waals surface area contributed by atoms with Gasteiger partial charge in [0.2, 0.25) is 0 Å². The number of anilines is 3. The lowest BCUT2D eigenvalue weighted by molar-refractivity contribution is 0.660. The van der Waals surface area contributed by atoms with Crippen molar-refractivity contribution in [1.82, 2.24) is 0 Å². The van der Waals surface area contributed by atoms with Crippen LogP contribution in [0, 0.1) is 0 Å². The predicted molar refractivity (Wildman–Crippen MR) is 245 cm³/mol. The first kappa shape index (κ1) is 33.6. The Balaban J connectivity index is 1.00. The topological polar surface area (TPSA) is 3.24 Å². The summed E-state index contributed by atoms with van der Waals surface area (Å²) in [4.78, 5) is 2.41. The second kappa shape index (κ2) is 13.2. The first-order valence-corrected chi connectivity index (χ1v) is 20.6. The van der Waals surface area contributed by atoms with Crippen molar-refractivity contribution >= 4 is 59.3 Å². The van der Waals surface area contributed by atoms with E-state index in [0.29, 0.717) is 0 Å². The van der Waals surface area contributed by atoms with Gasteiger partial charge in [0.05, 0.1) is 0 Å². The molecule has 270 valence electrons. The summed E-state index contributed by atoms with van der Waals surface area (Å²) < 4.78 is 2.63. The van der Waals surface area contributed by atoms with Crippen molar-refractivity contribution in [2.75, 3.05) is 4.90 Å². The minimum atomic E-state index is -0.0827. The second-order valence-corrected chi connectivity index (χ2v) is 16.7. The lowest BCUT2D eigenvalue weighted by Gasteiger charge is -2.28. The van der Waals surface area contributed by atoms with Crippen molar-refractivity contribution < 1.29 is 0 Å². The smallest absolute Gasteiger partial charge is 0.0467 e. The molecule has 9 aromatic carbocycles. The Morgan fingerprint density at radius 2 is 0.877 bits per heavy atom. The van der Waals surface area contributed by atoms with Crippen LogP contribution in [0.15, 0.2) is 200 Å². The third-order valence-corrected chi connectivity index (χ3v) is 13.4. The van der Waals surface area contributed by atoms with Crippen LogP contribution in [-0.4, -0.2) is 0 Å². The summed E-state index contributed by atoms with van der Waals surface area (Å²) in [7, 11) is 0. The summed E-state index contributed by atoms with van der Waals surface area (Å²) in [5, 5.41) is 5.15. The molecule has 1 heterocycles. The molecule has 0 atom stereocenters. The Hall–Kier alpha value is -6.74. The van der Waals surface area contributed by atoms with Crippen LogP contribution in [0.1, 0.15) is 25.0 Å². The molecule has 57 heavy (non-hydrogen) atoms. The van der Waals surface area contributed by atoms with Crippen LogP contribution >= 0.6 is 11.3 Å². The van der Waals surface area contributed by atoms with Crippen molar-refractivity contribution in [2.24, 2.45) is 0 Å². The maximum Gasteiger partial charge on any atom is 0.0467 e. The molecular weight excluding hydrogens is 707 g/mol. The molecule has 0 unspecified atom stereocenters. The average molecular weight is 746 g/mol. The molecule has 0 aliphatic heterocycles. The lowest BCUT2D eigenvalue weighted by atomic mass is 9.82. The van der Waals surface area contributed by atoms with Crippen LogP contribution in [0.5, 0.6) is 0 Å². The van der Waals surface area contributed by atoms with E-state index in [0.717, 1.165) is 17.1 Å². The Morgan fingerprint density at radius 1 is 0.351 bits per heavy atom. The van der Waals surface area contributed by atoms with Gasteiger partial charge < -0.3 is 4.90 Å². The van der Waals surface area contributed by atoms with Crippen LogP contribution in [0.3, 0.4) is 0 Å². The number of benzene rings is 9. The minimum Gasteiger partial charge on any atom is -0.310 e. The van der Waals surface area contributed by atoms with E-state index in [2.05, 4.69) is 219 Å². The average Bonchev–Trinajstić information content (AvgIpc) is 3.76. The lowest BCUT2D eigenvalue weighted by Crippen LogP contribution is -2.16. The van der Waals surface area contributed by atoms with Gasteiger partial charge >= 0.3 is 0 Å². The number of rotatable bonds is 6. The number of para-hydroxylation sites is 1. The molecule has 0 spiro atoms. The Labute approximate surface area is 337 Å². The summed E-state index contributed by atoms with van der Waals surface area (Å²) in [6.45, 7) is 4.71. The van der Waals surface area contributed by atoms with Gasteiger partial charge in [0, 0.05) is 42.6 Å². The van der Waals surface area contributed by atoms with Crippen LogP contribution in [-0.2, 0) is 5.41 Å². The molecule has 0 bridgehead atoms. The van der Waals surface area contributed by atoms with Gasteiger partial charge in [-0.25, -0.2) is 0 Å². The van der Waals surface area contributed by atoms with Gasteiger partial charge in [-0.15, -0.1) is 11.3 Å². The summed E-state index contributed by atoms with van der Waals surface area (Å²) in [6, 6.07) is 73.7. The van der Waals surface area contributed by atoms with Crippen molar-refractivity contribution in [3.63, 3.8) is 0 Å². The zero-order chi connectivity index (χ0) is 38.1. The van der Waals surface area contributed by atoms with Crippen molar-refractivity contribution in [3.8, 4) is 44.5 Å². The Kier molecular flexibility index (Phi) is 7.77. The third kappa shape index (κ3) is 5.44. The van der Waals surface area contributed by atoms with Crippen LogP contribution < -0.4 is 4.90 Å². The van der Waals surface area contributed by atoms with E-state index in [1.54, 1.807) is 0 Å². The fourth-order valence-corrected chi connectivity index (χ4v) is 10.6. The normalized spacial score (nSPS) is 12.9. The van der Waals surface area contributed by atoms with E-state index in [9.17, 15) is 0 Å². The Bertz CT molecular complexity index is 3150. The summed E-state index contributed by atoms with van der Waals surface area (Å²) >= 11 is 1.91. The molecule has 1 aliphatic rings. The zero-order valence-electron chi connectivity index (χ0n) is 31.9. The van der Waals surface area contributed by atoms with Gasteiger partial charge in [0.15, 0.2) is 0 Å². The highest BCUT2D eigenvalue weighted by molar-refractivity contribution is 7.26. The highest BCUT2D eigenvalue weighted by atomic mass is 32.1. The zero-order valence-corrected chi connectivity index (χ0v) is 32.7. The number of hydrogen-bond acceptors (Lipinski definition) is 2. The summed E-state index contributed by atoms with van der Waals surface area (Å²) in [5.74, 6) is 0. The van der Waals surface area contributed by atoms with Crippen molar-refractivity contribution in [3.05, 3.63) is 211 Å². The summed E-state index contributed by atoms with van der Waals surface area (Å²) in [5.41, 5.74) is 16.3. The molecule has 0 amide bonds. The van der Waals surface area contributed by atoms with E-state index in [1.165, 1.54) is 86.6 Å². The molecule has 1 aromatic heterocycles. The fourth-order valence-electron chi connectivity index (χ4n) is 9.25. The van der Waals surface area contributed by atoms with Crippen molar-refractivity contribution in [2.45, 2.75) is 19.3 Å². The van der Waals surface area contributed by atoms with Crippen LogP contribution in [0.4, 0.5) is 17.1 Å². The van der Waals surface area contributed by atoms with E-state index < -0.39 is 0 Å². The number of hydrogen-bond donors (Lipinski definition) is 0. The van der Waals surface area contributed by atoms with Crippen LogP contribution in [0.2, 0.25) is 0 Å². The van der Waals surface area contributed by atoms with E-state index >= 15 is 0 Å². The van der Waals surface area contributed by atoms with Gasteiger partial charge in [-0.2, -0.15) is 0 Å². The molecule has 2 heteroatoms. The highest BCUT2D eigenvalue weighted by Gasteiger charge is 2.35. The first-order chi connectivity index (χ1) is 28.0. The van der Waals surface area contributed by atoms with E-state index in [1.807, 2.05) is 11.3 Å². The largest absolute Gasteiger partial charge is 0.310 e. The fraction of sp³-hybridized carbons (Fsp3) is 0.0545. The molecular formula is C55H39NS. The van der Waals surface area contributed by atoms with Crippen molar-refractivity contribution in [1.29, 1.82) is 0 Å². The molecule has 0 N–H and O–H groups in total. The Morgan fingerprint density at radius 3 is 1.67 bits per heavy atom. The van der Waals surface area contributed by atoms with Gasteiger partial charge in [-0.05, 0) is 103 Å². The van der Waals surface area contributed by atoms with Gasteiger partial charge in [-0.3, -0.25) is 0 Å². The second-order valence-electron chi connectivity index (χ2n) is 15.7. The molecule has 10 aromatic rings.